The van der Waals surface area contributed by atoms with Gasteiger partial charge in [0.15, 0.2) is 5.11 Å². The Hall–Kier alpha value is -2.81. The van der Waals surface area contributed by atoms with Crippen molar-refractivity contribution in [3.8, 4) is 5.75 Å². The standard InChI is InChI=1S/C26H20Br2N2O3S/c1-15-4-3-5-23(16(15)2)30-25(32)21(24(31)29-26(30)34)12-17-6-10-20(11-7-17)33-14-18-8-9-19(27)13-22(18)28/h3-13H,14H2,1-2H3,(H,29,31,34)/b21-12+. The highest BCUT2D eigenvalue weighted by Gasteiger charge is 2.35. The van der Waals surface area contributed by atoms with Gasteiger partial charge in [-0.15, -0.1) is 0 Å². The van der Waals surface area contributed by atoms with Crippen LogP contribution in [0.15, 0.2) is 75.2 Å². The van der Waals surface area contributed by atoms with Gasteiger partial charge in [0, 0.05) is 14.5 Å². The molecule has 0 bridgehead atoms. The van der Waals surface area contributed by atoms with Crippen molar-refractivity contribution in [2.24, 2.45) is 0 Å². The SMILES string of the molecule is Cc1cccc(N2C(=O)/C(=C/c3ccc(OCc4ccc(Br)cc4Br)cc3)C(=O)NC2=S)c1C. The van der Waals surface area contributed by atoms with Crippen LogP contribution in [0.4, 0.5) is 5.69 Å². The number of carbonyl (C=O) groups excluding carboxylic acids is 2. The van der Waals surface area contributed by atoms with E-state index in [4.69, 9.17) is 17.0 Å². The molecule has 0 radical (unpaired) electrons. The predicted molar refractivity (Wildman–Crippen MR) is 145 cm³/mol. The highest BCUT2D eigenvalue weighted by molar-refractivity contribution is 9.11. The van der Waals surface area contributed by atoms with Crippen LogP contribution < -0.4 is 15.0 Å². The van der Waals surface area contributed by atoms with Gasteiger partial charge < -0.3 is 4.74 Å². The van der Waals surface area contributed by atoms with Gasteiger partial charge in [-0.2, -0.15) is 0 Å². The quantitative estimate of drug-likeness (QED) is 0.214. The van der Waals surface area contributed by atoms with Gasteiger partial charge in [0.25, 0.3) is 11.8 Å². The minimum absolute atomic E-state index is 0.0157. The van der Waals surface area contributed by atoms with E-state index in [2.05, 4.69) is 37.2 Å². The molecular weight excluding hydrogens is 580 g/mol. The molecule has 4 rings (SSSR count). The summed E-state index contributed by atoms with van der Waals surface area (Å²) in [6.45, 7) is 4.29. The molecule has 1 aliphatic rings. The average molecular weight is 600 g/mol. The Labute approximate surface area is 220 Å². The third kappa shape index (κ3) is 5.14. The summed E-state index contributed by atoms with van der Waals surface area (Å²) >= 11 is 12.3. The number of ether oxygens (including phenoxy) is 1. The molecule has 3 aromatic rings. The van der Waals surface area contributed by atoms with E-state index in [9.17, 15) is 9.59 Å². The van der Waals surface area contributed by atoms with Gasteiger partial charge in [0.2, 0.25) is 0 Å². The summed E-state index contributed by atoms with van der Waals surface area (Å²) in [7, 11) is 0. The molecule has 1 heterocycles. The van der Waals surface area contributed by atoms with Crippen molar-refractivity contribution in [2.75, 3.05) is 4.90 Å². The lowest BCUT2D eigenvalue weighted by Crippen LogP contribution is -2.54. The van der Waals surface area contributed by atoms with Crippen LogP contribution in [-0.2, 0) is 16.2 Å². The molecule has 3 aromatic carbocycles. The van der Waals surface area contributed by atoms with Gasteiger partial charge in [-0.1, -0.05) is 62.2 Å². The van der Waals surface area contributed by atoms with Crippen LogP contribution in [0.1, 0.15) is 22.3 Å². The molecule has 1 fully saturated rings. The first-order valence-corrected chi connectivity index (χ1v) is 12.4. The summed E-state index contributed by atoms with van der Waals surface area (Å²) in [5.41, 5.74) is 4.34. The number of benzene rings is 3. The zero-order valence-electron chi connectivity index (χ0n) is 18.4. The van der Waals surface area contributed by atoms with Crippen molar-refractivity contribution in [1.82, 2.24) is 5.32 Å². The summed E-state index contributed by atoms with van der Waals surface area (Å²) in [6, 6.07) is 18.7. The van der Waals surface area contributed by atoms with Crippen molar-refractivity contribution in [3.63, 3.8) is 0 Å². The highest BCUT2D eigenvalue weighted by atomic mass is 79.9. The Morgan fingerprint density at radius 1 is 1.03 bits per heavy atom. The smallest absolute Gasteiger partial charge is 0.270 e. The van der Waals surface area contributed by atoms with Gasteiger partial charge in [-0.3, -0.25) is 19.8 Å². The zero-order valence-corrected chi connectivity index (χ0v) is 22.4. The second-order valence-corrected chi connectivity index (χ2v) is 9.93. The number of thiocarbonyl (C=S) groups is 1. The van der Waals surface area contributed by atoms with Crippen LogP contribution in [-0.4, -0.2) is 16.9 Å². The summed E-state index contributed by atoms with van der Waals surface area (Å²) in [5.74, 6) is -0.297. The summed E-state index contributed by atoms with van der Waals surface area (Å²) in [6.07, 6.45) is 1.56. The molecule has 0 unspecified atom stereocenters. The van der Waals surface area contributed by atoms with Crippen molar-refractivity contribution >= 4 is 72.8 Å². The lowest BCUT2D eigenvalue weighted by Gasteiger charge is -2.30. The molecule has 1 saturated heterocycles. The fourth-order valence-corrected chi connectivity index (χ4v) is 4.92. The molecule has 0 aliphatic carbocycles. The maximum atomic E-state index is 13.3. The fraction of sp³-hybridized carbons (Fsp3) is 0.115. The molecule has 5 nitrogen and oxygen atoms in total. The van der Waals surface area contributed by atoms with E-state index in [0.717, 1.165) is 25.6 Å². The van der Waals surface area contributed by atoms with Crippen LogP contribution in [0, 0.1) is 13.8 Å². The molecule has 1 aliphatic heterocycles. The first kappa shape index (κ1) is 24.3. The molecule has 172 valence electrons. The Morgan fingerprint density at radius 3 is 2.47 bits per heavy atom. The predicted octanol–water partition coefficient (Wildman–Crippen LogP) is 6.24. The van der Waals surface area contributed by atoms with E-state index in [-0.39, 0.29) is 10.7 Å². The third-order valence-electron chi connectivity index (χ3n) is 5.52. The van der Waals surface area contributed by atoms with Gasteiger partial charge in [-0.05, 0) is 79.2 Å². The summed E-state index contributed by atoms with van der Waals surface area (Å²) in [5, 5.41) is 2.70. The number of nitrogens with zero attached hydrogens (tertiary/aromatic N) is 1. The minimum atomic E-state index is -0.517. The van der Waals surface area contributed by atoms with Gasteiger partial charge >= 0.3 is 0 Å². The number of hydrogen-bond acceptors (Lipinski definition) is 4. The van der Waals surface area contributed by atoms with Gasteiger partial charge in [0.1, 0.15) is 17.9 Å². The van der Waals surface area contributed by atoms with Crippen molar-refractivity contribution in [1.29, 1.82) is 0 Å². The Bertz CT molecular complexity index is 1340. The van der Waals surface area contributed by atoms with E-state index >= 15 is 0 Å². The Kier molecular flexibility index (Phi) is 7.30. The van der Waals surface area contributed by atoms with Crippen molar-refractivity contribution in [3.05, 3.63) is 97.4 Å². The second kappa shape index (κ2) is 10.2. The number of hydrogen-bond donors (Lipinski definition) is 1. The zero-order chi connectivity index (χ0) is 24.4. The maximum Gasteiger partial charge on any atom is 0.270 e. The normalized spacial score (nSPS) is 15.0. The summed E-state index contributed by atoms with van der Waals surface area (Å²) in [4.78, 5) is 27.2. The summed E-state index contributed by atoms with van der Waals surface area (Å²) < 4.78 is 7.82. The molecule has 0 saturated carbocycles. The van der Waals surface area contributed by atoms with Gasteiger partial charge in [0.05, 0.1) is 5.69 Å². The molecule has 8 heteroatoms. The molecule has 1 N–H and O–H groups in total. The minimum Gasteiger partial charge on any atom is -0.489 e. The van der Waals surface area contributed by atoms with Crippen LogP contribution >= 0.6 is 44.1 Å². The Morgan fingerprint density at radius 2 is 1.76 bits per heavy atom. The number of rotatable bonds is 5. The maximum absolute atomic E-state index is 13.3. The molecule has 0 atom stereocenters. The monoisotopic (exact) mass is 598 g/mol. The number of halogens is 2. The van der Waals surface area contributed by atoms with E-state index in [1.54, 1.807) is 30.3 Å². The number of carbonyl (C=O) groups is 2. The lowest BCUT2D eigenvalue weighted by atomic mass is 10.0. The topological polar surface area (TPSA) is 58.6 Å². The number of amides is 2. The largest absolute Gasteiger partial charge is 0.489 e. The van der Waals surface area contributed by atoms with Gasteiger partial charge in [-0.25, -0.2) is 0 Å². The first-order valence-electron chi connectivity index (χ1n) is 10.4. The lowest BCUT2D eigenvalue weighted by molar-refractivity contribution is -0.122. The van der Waals surface area contributed by atoms with E-state index in [1.165, 1.54) is 4.90 Å². The van der Waals surface area contributed by atoms with Crippen LogP contribution in [0.25, 0.3) is 6.08 Å². The highest BCUT2D eigenvalue weighted by Crippen LogP contribution is 2.28. The molecular formula is C26H20Br2N2O3S. The third-order valence-corrected chi connectivity index (χ3v) is 7.04. The Balaban J connectivity index is 1.54. The van der Waals surface area contributed by atoms with E-state index in [0.29, 0.717) is 23.6 Å². The second-order valence-electron chi connectivity index (χ2n) is 7.77. The molecule has 0 aromatic heterocycles. The van der Waals surface area contributed by atoms with Crippen LogP contribution in [0.2, 0.25) is 0 Å². The number of anilines is 1. The molecule has 0 spiro atoms. The molecule has 34 heavy (non-hydrogen) atoms. The fourth-order valence-electron chi connectivity index (χ4n) is 3.48. The van der Waals surface area contributed by atoms with Crippen molar-refractivity contribution in [2.45, 2.75) is 20.5 Å². The van der Waals surface area contributed by atoms with E-state index in [1.807, 2.05) is 50.2 Å². The number of aryl methyl sites for hydroxylation is 1. The average Bonchev–Trinajstić information content (AvgIpc) is 2.79. The van der Waals surface area contributed by atoms with Crippen LogP contribution in [0.5, 0.6) is 5.75 Å². The van der Waals surface area contributed by atoms with Crippen LogP contribution in [0.3, 0.4) is 0 Å². The first-order chi connectivity index (χ1) is 16.2. The molecule has 2 amide bonds. The van der Waals surface area contributed by atoms with E-state index < -0.39 is 11.8 Å². The van der Waals surface area contributed by atoms with Crippen molar-refractivity contribution < 1.29 is 14.3 Å². The number of nitrogens with one attached hydrogen (secondary N) is 1.